The van der Waals surface area contributed by atoms with Crippen LogP contribution in [0.5, 0.6) is 0 Å². The van der Waals surface area contributed by atoms with Crippen LogP contribution in [-0.2, 0) is 16.6 Å². The first kappa shape index (κ1) is 14.5. The lowest BCUT2D eigenvalue weighted by molar-refractivity contribution is 0.245. The van der Waals surface area contributed by atoms with Gasteiger partial charge in [0.25, 0.3) is 10.0 Å². The number of furan rings is 1. The van der Waals surface area contributed by atoms with Gasteiger partial charge in [-0.05, 0) is 38.5 Å². The Balaban J connectivity index is 2.37. The van der Waals surface area contributed by atoms with Crippen LogP contribution in [-0.4, -0.2) is 18.5 Å². The van der Waals surface area contributed by atoms with E-state index < -0.39 is 10.0 Å². The number of hydrogen-bond acceptors (Lipinski definition) is 5. The molecule has 0 aromatic carbocycles. The highest BCUT2D eigenvalue weighted by Gasteiger charge is 2.22. The van der Waals surface area contributed by atoms with Crippen molar-refractivity contribution in [3.63, 3.8) is 0 Å². The maximum Gasteiger partial charge on any atom is 0.266 e. The number of anilines is 1. The molecule has 0 aliphatic carbocycles. The molecule has 2 rings (SSSR count). The van der Waals surface area contributed by atoms with Gasteiger partial charge >= 0.3 is 0 Å². The molecular weight excluding hydrogens is 280 g/mol. The van der Waals surface area contributed by atoms with Crippen LogP contribution in [0.1, 0.15) is 22.8 Å². The second-order valence-electron chi connectivity index (χ2n) is 4.57. The zero-order chi connectivity index (χ0) is 14.9. The lowest BCUT2D eigenvalue weighted by Crippen LogP contribution is -2.14. The van der Waals surface area contributed by atoms with Crippen LogP contribution in [0.4, 0.5) is 5.82 Å². The fraction of sp³-hybridized carbons (Fsp3) is 0.308. The summed E-state index contributed by atoms with van der Waals surface area (Å²) in [7, 11) is -3.78. The summed E-state index contributed by atoms with van der Waals surface area (Å²) in [6.45, 7) is 4.83. The summed E-state index contributed by atoms with van der Waals surface area (Å²) in [5, 5.41) is 8.98. The third kappa shape index (κ3) is 3.00. The average Bonchev–Trinajstić information content (AvgIpc) is 2.69. The van der Waals surface area contributed by atoms with Gasteiger partial charge in [-0.15, -0.1) is 0 Å². The van der Waals surface area contributed by atoms with Crippen LogP contribution in [0.25, 0.3) is 0 Å². The predicted molar refractivity (Wildman–Crippen MR) is 73.9 cm³/mol. The van der Waals surface area contributed by atoms with Gasteiger partial charge in [0.1, 0.15) is 28.8 Å². The number of sulfonamides is 1. The van der Waals surface area contributed by atoms with Crippen molar-refractivity contribution in [1.82, 2.24) is 4.98 Å². The first-order valence-corrected chi connectivity index (χ1v) is 7.48. The maximum absolute atomic E-state index is 12.3. The molecule has 2 aromatic rings. The number of hydrogen-bond donors (Lipinski definition) is 2. The summed E-state index contributed by atoms with van der Waals surface area (Å²) in [6.07, 6.45) is 0. The largest absolute Gasteiger partial charge is 0.462 e. The molecule has 0 bridgehead atoms. The Bertz CT molecular complexity index is 715. The van der Waals surface area contributed by atoms with Crippen molar-refractivity contribution in [2.24, 2.45) is 0 Å². The molecule has 0 aliphatic rings. The molecule has 0 amide bonds. The number of aliphatic hydroxyl groups excluding tert-OH is 1. The van der Waals surface area contributed by atoms with E-state index >= 15 is 0 Å². The number of pyridine rings is 1. The lowest BCUT2D eigenvalue weighted by Gasteiger charge is -2.07. The van der Waals surface area contributed by atoms with E-state index in [4.69, 9.17) is 9.52 Å². The Kier molecular flexibility index (Phi) is 3.82. The van der Waals surface area contributed by atoms with Crippen molar-refractivity contribution in [1.29, 1.82) is 0 Å². The van der Waals surface area contributed by atoms with E-state index in [9.17, 15) is 8.42 Å². The molecule has 7 heteroatoms. The molecule has 0 saturated carbocycles. The van der Waals surface area contributed by atoms with Crippen molar-refractivity contribution in [2.45, 2.75) is 32.3 Å². The van der Waals surface area contributed by atoms with E-state index in [1.807, 2.05) is 13.0 Å². The average molecular weight is 296 g/mol. The molecule has 20 heavy (non-hydrogen) atoms. The van der Waals surface area contributed by atoms with E-state index in [1.165, 1.54) is 13.0 Å². The Morgan fingerprint density at radius 1 is 1.25 bits per heavy atom. The summed E-state index contributed by atoms with van der Waals surface area (Å²) in [4.78, 5) is 4.13. The summed E-state index contributed by atoms with van der Waals surface area (Å²) >= 11 is 0. The highest BCUT2D eigenvalue weighted by atomic mass is 32.2. The van der Waals surface area contributed by atoms with Gasteiger partial charge in [-0.25, -0.2) is 13.4 Å². The van der Waals surface area contributed by atoms with Gasteiger partial charge in [0, 0.05) is 11.8 Å². The van der Waals surface area contributed by atoms with Crippen molar-refractivity contribution < 1.29 is 17.9 Å². The molecule has 0 spiro atoms. The molecule has 2 aromatic heterocycles. The molecule has 2 N–H and O–H groups in total. The third-order valence-electron chi connectivity index (χ3n) is 2.71. The zero-order valence-electron chi connectivity index (χ0n) is 11.5. The first-order chi connectivity index (χ1) is 9.31. The van der Waals surface area contributed by atoms with E-state index in [2.05, 4.69) is 9.71 Å². The monoisotopic (exact) mass is 296 g/mol. The molecule has 0 radical (unpaired) electrons. The SMILES string of the molecule is Cc1cc(C)nc(NS(=O)(=O)c2cc(CO)oc2C)c1. The summed E-state index contributed by atoms with van der Waals surface area (Å²) < 4.78 is 32.1. The molecule has 0 unspecified atom stereocenters. The van der Waals surface area contributed by atoms with Crippen LogP contribution >= 0.6 is 0 Å². The van der Waals surface area contributed by atoms with Gasteiger partial charge in [-0.2, -0.15) is 0 Å². The molecular formula is C13H16N2O4S. The Hall–Kier alpha value is -1.86. The minimum absolute atomic E-state index is 0.00232. The smallest absolute Gasteiger partial charge is 0.266 e. The van der Waals surface area contributed by atoms with Gasteiger partial charge in [-0.3, -0.25) is 4.72 Å². The second-order valence-corrected chi connectivity index (χ2v) is 6.22. The third-order valence-corrected chi connectivity index (χ3v) is 4.17. The minimum Gasteiger partial charge on any atom is -0.462 e. The number of aliphatic hydroxyl groups is 1. The first-order valence-electron chi connectivity index (χ1n) is 6.00. The van der Waals surface area contributed by atoms with Crippen molar-refractivity contribution in [3.8, 4) is 0 Å². The van der Waals surface area contributed by atoms with E-state index in [0.717, 1.165) is 11.3 Å². The maximum atomic E-state index is 12.3. The normalized spacial score (nSPS) is 11.6. The van der Waals surface area contributed by atoms with Crippen LogP contribution in [0.3, 0.4) is 0 Å². The van der Waals surface area contributed by atoms with Gasteiger partial charge in [-0.1, -0.05) is 0 Å². The van der Waals surface area contributed by atoms with E-state index in [-0.39, 0.29) is 28.8 Å². The van der Waals surface area contributed by atoms with E-state index in [1.54, 1.807) is 13.0 Å². The van der Waals surface area contributed by atoms with Crippen LogP contribution in [0, 0.1) is 20.8 Å². The van der Waals surface area contributed by atoms with Gasteiger partial charge in [0.2, 0.25) is 0 Å². The molecule has 6 nitrogen and oxygen atoms in total. The number of aryl methyl sites for hydroxylation is 3. The van der Waals surface area contributed by atoms with Crippen molar-refractivity contribution in [3.05, 3.63) is 41.0 Å². The molecule has 0 saturated heterocycles. The minimum atomic E-state index is -3.78. The standard InChI is InChI=1S/C13H16N2O4S/c1-8-4-9(2)14-13(5-8)15-20(17,18)12-6-11(7-16)19-10(12)3/h4-6,16H,7H2,1-3H3,(H,14,15). The fourth-order valence-corrected chi connectivity index (χ4v) is 3.15. The van der Waals surface area contributed by atoms with Gasteiger partial charge in [0.05, 0.1) is 0 Å². The molecule has 0 atom stereocenters. The second kappa shape index (κ2) is 5.26. The van der Waals surface area contributed by atoms with Crippen LogP contribution in [0.15, 0.2) is 27.5 Å². The Morgan fingerprint density at radius 3 is 2.50 bits per heavy atom. The van der Waals surface area contributed by atoms with Crippen molar-refractivity contribution >= 4 is 15.8 Å². The highest BCUT2D eigenvalue weighted by Crippen LogP contribution is 2.22. The topological polar surface area (TPSA) is 92.4 Å². The summed E-state index contributed by atoms with van der Waals surface area (Å²) in [5.74, 6) is 0.691. The fourth-order valence-electron chi connectivity index (χ4n) is 1.96. The Labute approximate surface area is 117 Å². The van der Waals surface area contributed by atoms with E-state index in [0.29, 0.717) is 0 Å². The Morgan fingerprint density at radius 2 is 1.95 bits per heavy atom. The summed E-state index contributed by atoms with van der Waals surface area (Å²) in [5.41, 5.74) is 1.64. The molecule has 0 fully saturated rings. The number of nitrogens with one attached hydrogen (secondary N) is 1. The van der Waals surface area contributed by atoms with Gasteiger partial charge < -0.3 is 9.52 Å². The van der Waals surface area contributed by atoms with Gasteiger partial charge in [0.15, 0.2) is 0 Å². The molecule has 2 heterocycles. The molecule has 0 aliphatic heterocycles. The predicted octanol–water partition coefficient (Wildman–Crippen LogP) is 1.89. The van der Waals surface area contributed by atoms with Crippen LogP contribution in [0.2, 0.25) is 0 Å². The number of nitrogens with zero attached hydrogens (tertiary/aromatic N) is 1. The summed E-state index contributed by atoms with van der Waals surface area (Å²) in [6, 6.07) is 4.80. The highest BCUT2D eigenvalue weighted by molar-refractivity contribution is 7.92. The lowest BCUT2D eigenvalue weighted by atomic mass is 10.2. The van der Waals surface area contributed by atoms with Crippen molar-refractivity contribution in [2.75, 3.05) is 4.72 Å². The number of aromatic nitrogens is 1. The van der Waals surface area contributed by atoms with Crippen LogP contribution < -0.4 is 4.72 Å². The quantitative estimate of drug-likeness (QED) is 0.899. The zero-order valence-corrected chi connectivity index (χ0v) is 12.3. The number of rotatable bonds is 4. The molecule has 108 valence electrons.